The highest BCUT2D eigenvalue weighted by Crippen LogP contribution is 2.31. The van der Waals surface area contributed by atoms with Crippen LogP contribution in [0.2, 0.25) is 0 Å². The van der Waals surface area contributed by atoms with Crippen LogP contribution in [0.3, 0.4) is 0 Å². The van der Waals surface area contributed by atoms with Crippen molar-refractivity contribution in [1.82, 2.24) is 15.6 Å². The minimum atomic E-state index is -4.48. The molecule has 120 valence electrons. The van der Waals surface area contributed by atoms with E-state index in [0.29, 0.717) is 0 Å². The zero-order valence-corrected chi connectivity index (χ0v) is 11.9. The summed E-state index contributed by atoms with van der Waals surface area (Å²) in [7, 11) is 0. The molecular formula is C15H13F3N4O. The number of fused-ring (bicyclic) bond motifs is 1. The average Bonchev–Trinajstić information content (AvgIpc) is 3.09. The Morgan fingerprint density at radius 3 is 2.87 bits per heavy atom. The smallest absolute Gasteiger partial charge is 0.281 e. The summed E-state index contributed by atoms with van der Waals surface area (Å²) in [6.45, 7) is 0. The number of aromatic amines is 1. The number of rotatable bonds is 3. The van der Waals surface area contributed by atoms with Crippen molar-refractivity contribution in [2.24, 2.45) is 5.10 Å². The van der Waals surface area contributed by atoms with Crippen molar-refractivity contribution < 1.29 is 18.0 Å². The van der Waals surface area contributed by atoms with E-state index < -0.39 is 17.6 Å². The lowest BCUT2D eigenvalue weighted by atomic mass is 10.1. The molecule has 0 bridgehead atoms. The molecule has 1 aromatic heterocycles. The van der Waals surface area contributed by atoms with Crippen LogP contribution >= 0.6 is 0 Å². The van der Waals surface area contributed by atoms with Gasteiger partial charge in [-0.3, -0.25) is 9.89 Å². The van der Waals surface area contributed by atoms with Gasteiger partial charge in [-0.25, -0.2) is 5.43 Å². The lowest BCUT2D eigenvalue weighted by molar-refractivity contribution is -0.137. The summed E-state index contributed by atoms with van der Waals surface area (Å²) in [5.74, 6) is -0.537. The molecule has 0 atom stereocenters. The van der Waals surface area contributed by atoms with Gasteiger partial charge in [-0.1, -0.05) is 18.2 Å². The number of hydrogen-bond acceptors (Lipinski definition) is 3. The number of hydrazone groups is 1. The van der Waals surface area contributed by atoms with E-state index in [-0.39, 0.29) is 11.3 Å². The van der Waals surface area contributed by atoms with E-state index in [1.807, 2.05) is 0 Å². The van der Waals surface area contributed by atoms with Crippen molar-refractivity contribution >= 4 is 12.1 Å². The molecule has 0 unspecified atom stereocenters. The van der Waals surface area contributed by atoms with E-state index in [2.05, 4.69) is 20.7 Å². The molecule has 1 aliphatic carbocycles. The molecule has 0 radical (unpaired) electrons. The number of H-pyrrole nitrogens is 1. The number of aryl methyl sites for hydroxylation is 1. The molecule has 2 aromatic rings. The van der Waals surface area contributed by atoms with Gasteiger partial charge in [0.05, 0.1) is 11.8 Å². The normalized spacial score (nSPS) is 14.2. The van der Waals surface area contributed by atoms with Gasteiger partial charge in [0.2, 0.25) is 0 Å². The summed E-state index contributed by atoms with van der Waals surface area (Å²) < 4.78 is 38.5. The summed E-state index contributed by atoms with van der Waals surface area (Å²) in [5, 5.41) is 10.3. The Morgan fingerprint density at radius 1 is 1.30 bits per heavy atom. The molecule has 2 N–H and O–H groups in total. The van der Waals surface area contributed by atoms with Crippen LogP contribution in [-0.2, 0) is 19.0 Å². The predicted molar refractivity (Wildman–Crippen MR) is 77.1 cm³/mol. The Kier molecular flexibility index (Phi) is 3.89. The van der Waals surface area contributed by atoms with Gasteiger partial charge in [-0.15, -0.1) is 0 Å². The van der Waals surface area contributed by atoms with E-state index in [9.17, 15) is 18.0 Å². The van der Waals surface area contributed by atoms with Crippen molar-refractivity contribution in [1.29, 1.82) is 0 Å². The molecule has 0 saturated heterocycles. The van der Waals surface area contributed by atoms with Gasteiger partial charge in [-0.05, 0) is 25.3 Å². The fraction of sp³-hybridized carbons (Fsp3) is 0.267. The first-order valence-corrected chi connectivity index (χ1v) is 7.02. The van der Waals surface area contributed by atoms with E-state index in [4.69, 9.17) is 0 Å². The zero-order chi connectivity index (χ0) is 16.4. The Morgan fingerprint density at radius 2 is 2.09 bits per heavy atom. The minimum Gasteiger partial charge on any atom is -0.281 e. The molecule has 1 aliphatic rings. The van der Waals surface area contributed by atoms with Crippen molar-refractivity contribution in [3.05, 3.63) is 52.3 Å². The molecule has 0 saturated carbocycles. The van der Waals surface area contributed by atoms with Crippen LogP contribution in [0, 0.1) is 0 Å². The highest BCUT2D eigenvalue weighted by molar-refractivity contribution is 5.95. The third kappa shape index (κ3) is 3.10. The number of alkyl halides is 3. The monoisotopic (exact) mass is 322 g/mol. The first-order valence-electron chi connectivity index (χ1n) is 7.02. The topological polar surface area (TPSA) is 70.1 Å². The molecular weight excluding hydrogens is 309 g/mol. The van der Waals surface area contributed by atoms with Gasteiger partial charge in [0.15, 0.2) is 5.69 Å². The van der Waals surface area contributed by atoms with Gasteiger partial charge in [0, 0.05) is 16.8 Å². The summed E-state index contributed by atoms with van der Waals surface area (Å²) in [4.78, 5) is 12.0. The summed E-state index contributed by atoms with van der Waals surface area (Å²) in [5.41, 5.74) is 3.33. The number of carbonyl (C=O) groups excluding carboxylic acids is 1. The molecule has 0 fully saturated rings. The molecule has 23 heavy (non-hydrogen) atoms. The molecule has 5 nitrogen and oxygen atoms in total. The zero-order valence-electron chi connectivity index (χ0n) is 11.9. The fourth-order valence-electron chi connectivity index (χ4n) is 2.59. The lowest BCUT2D eigenvalue weighted by Crippen LogP contribution is -2.20. The Labute approximate surface area is 129 Å². The Bertz CT molecular complexity index is 764. The van der Waals surface area contributed by atoms with Gasteiger partial charge in [-0.2, -0.15) is 23.4 Å². The molecule has 0 aliphatic heterocycles. The van der Waals surface area contributed by atoms with Crippen LogP contribution in [0.4, 0.5) is 13.2 Å². The maximum Gasteiger partial charge on any atom is 0.417 e. The van der Waals surface area contributed by atoms with E-state index in [1.165, 1.54) is 18.2 Å². The Balaban J connectivity index is 1.73. The summed E-state index contributed by atoms with van der Waals surface area (Å²) >= 11 is 0. The number of amides is 1. The van der Waals surface area contributed by atoms with Crippen molar-refractivity contribution in [2.75, 3.05) is 0 Å². The van der Waals surface area contributed by atoms with E-state index in [1.54, 1.807) is 0 Å². The number of nitrogens with one attached hydrogen (secondary N) is 2. The number of halogens is 3. The maximum absolute atomic E-state index is 12.8. The molecule has 1 heterocycles. The first-order chi connectivity index (χ1) is 11.0. The number of aromatic nitrogens is 2. The largest absolute Gasteiger partial charge is 0.417 e. The Hall–Kier alpha value is -2.64. The van der Waals surface area contributed by atoms with Crippen molar-refractivity contribution in [2.45, 2.75) is 25.4 Å². The second kappa shape index (κ2) is 5.86. The molecule has 1 amide bonds. The number of carbonyl (C=O) groups is 1. The van der Waals surface area contributed by atoms with Gasteiger partial charge in [0.1, 0.15) is 0 Å². The minimum absolute atomic E-state index is 0.118. The second-order valence-corrected chi connectivity index (χ2v) is 5.17. The van der Waals surface area contributed by atoms with Gasteiger partial charge >= 0.3 is 6.18 Å². The van der Waals surface area contributed by atoms with Crippen molar-refractivity contribution in [3.63, 3.8) is 0 Å². The highest BCUT2D eigenvalue weighted by Gasteiger charge is 2.32. The second-order valence-electron chi connectivity index (χ2n) is 5.17. The van der Waals surface area contributed by atoms with Crippen LogP contribution in [0.15, 0.2) is 29.4 Å². The molecule has 0 spiro atoms. The number of benzene rings is 1. The van der Waals surface area contributed by atoms with E-state index in [0.717, 1.165) is 42.8 Å². The third-order valence-corrected chi connectivity index (χ3v) is 3.66. The standard InChI is InChI=1S/C15H13F3N4O/c16-15(17,18)11-6-2-1-4-9(11)8-19-22-14(23)13-10-5-3-7-12(10)20-21-13/h1-2,4,6,8H,3,5,7H2,(H,20,21)(H,22,23)/b19-8+. The average molecular weight is 322 g/mol. The predicted octanol–water partition coefficient (Wildman–Crippen LogP) is 2.68. The summed E-state index contributed by atoms with van der Waals surface area (Å²) in [6, 6.07) is 5.01. The third-order valence-electron chi connectivity index (χ3n) is 3.66. The number of hydrogen-bond donors (Lipinski definition) is 2. The molecule has 8 heteroatoms. The fourth-order valence-corrected chi connectivity index (χ4v) is 2.59. The SMILES string of the molecule is O=C(N/N=C/c1ccccc1C(F)(F)F)c1n[nH]c2c1CCC2. The maximum atomic E-state index is 12.8. The van der Waals surface area contributed by atoms with E-state index >= 15 is 0 Å². The number of nitrogens with zero attached hydrogens (tertiary/aromatic N) is 2. The van der Waals surface area contributed by atoms with Gasteiger partial charge < -0.3 is 0 Å². The molecule has 1 aromatic carbocycles. The van der Waals surface area contributed by atoms with Crippen LogP contribution in [0.25, 0.3) is 0 Å². The van der Waals surface area contributed by atoms with Crippen LogP contribution < -0.4 is 5.43 Å². The van der Waals surface area contributed by atoms with Crippen LogP contribution in [0.1, 0.15) is 39.3 Å². The van der Waals surface area contributed by atoms with Crippen LogP contribution in [-0.4, -0.2) is 22.3 Å². The summed E-state index contributed by atoms with van der Waals surface area (Å²) in [6.07, 6.45) is -0.942. The van der Waals surface area contributed by atoms with Gasteiger partial charge in [0.25, 0.3) is 5.91 Å². The molecule has 3 rings (SSSR count). The lowest BCUT2D eigenvalue weighted by Gasteiger charge is -2.09. The quantitative estimate of drug-likeness (QED) is 0.674. The van der Waals surface area contributed by atoms with Crippen molar-refractivity contribution in [3.8, 4) is 0 Å². The first kappa shape index (κ1) is 15.3. The highest BCUT2D eigenvalue weighted by atomic mass is 19.4. The van der Waals surface area contributed by atoms with Crippen LogP contribution in [0.5, 0.6) is 0 Å².